The van der Waals surface area contributed by atoms with E-state index in [1.54, 1.807) is 0 Å². The molecule has 0 saturated heterocycles. The molecule has 6 heteroatoms. The number of nitrogens with zero attached hydrogens (tertiary/aromatic N) is 1. The SMILES string of the molecule is CCCCCC[N+](CCCCCC)(CCCCCC)CCCCCC.F[B-](F)(F)F. The molecule has 0 saturated carbocycles. The van der Waals surface area contributed by atoms with Gasteiger partial charge in [-0.3, -0.25) is 0 Å². The molecule has 0 atom stereocenters. The van der Waals surface area contributed by atoms with Crippen molar-refractivity contribution in [2.45, 2.75) is 130 Å². The Morgan fingerprint density at radius 3 is 0.767 bits per heavy atom. The van der Waals surface area contributed by atoms with Crippen LogP contribution < -0.4 is 0 Å². The summed E-state index contributed by atoms with van der Waals surface area (Å²) in [5.41, 5.74) is 0. The molecule has 184 valence electrons. The van der Waals surface area contributed by atoms with Crippen LogP contribution in [0.15, 0.2) is 0 Å². The van der Waals surface area contributed by atoms with Gasteiger partial charge in [0.1, 0.15) is 0 Å². The topological polar surface area (TPSA) is 0 Å². The van der Waals surface area contributed by atoms with Crippen molar-refractivity contribution in [1.82, 2.24) is 0 Å². The van der Waals surface area contributed by atoms with Crippen LogP contribution in [0.2, 0.25) is 0 Å². The first-order valence-electron chi connectivity index (χ1n) is 13.0. The van der Waals surface area contributed by atoms with Gasteiger partial charge in [-0.2, -0.15) is 0 Å². The van der Waals surface area contributed by atoms with Gasteiger partial charge in [0.2, 0.25) is 0 Å². The van der Waals surface area contributed by atoms with E-state index in [9.17, 15) is 17.3 Å². The molecule has 0 N–H and O–H groups in total. The molecule has 0 amide bonds. The highest BCUT2D eigenvalue weighted by molar-refractivity contribution is 6.50. The monoisotopic (exact) mass is 441 g/mol. The van der Waals surface area contributed by atoms with Crippen molar-refractivity contribution in [1.29, 1.82) is 0 Å². The lowest BCUT2D eigenvalue weighted by molar-refractivity contribution is -0.929. The summed E-state index contributed by atoms with van der Waals surface area (Å²) in [5, 5.41) is 0. The minimum atomic E-state index is -6.00. The summed E-state index contributed by atoms with van der Waals surface area (Å²) < 4.78 is 40.5. The summed E-state index contributed by atoms with van der Waals surface area (Å²) in [6.45, 7) is 15.2. The van der Waals surface area contributed by atoms with Gasteiger partial charge in [0, 0.05) is 0 Å². The molecule has 0 unspecified atom stereocenters. The Balaban J connectivity index is 0. The fourth-order valence-corrected chi connectivity index (χ4v) is 4.17. The minimum Gasteiger partial charge on any atom is -0.418 e. The van der Waals surface area contributed by atoms with Crippen molar-refractivity contribution in [3.05, 3.63) is 0 Å². The summed E-state index contributed by atoms with van der Waals surface area (Å²) in [5.74, 6) is 0. The lowest BCUT2D eigenvalue weighted by Crippen LogP contribution is -2.50. The minimum absolute atomic E-state index is 1.36. The van der Waals surface area contributed by atoms with Gasteiger partial charge in [-0.15, -0.1) is 0 Å². The van der Waals surface area contributed by atoms with E-state index in [4.69, 9.17) is 0 Å². The third kappa shape index (κ3) is 25.8. The maximum Gasteiger partial charge on any atom is 0.673 e. The highest BCUT2D eigenvalue weighted by Crippen LogP contribution is 2.19. The molecule has 0 aliphatic rings. The van der Waals surface area contributed by atoms with Gasteiger partial charge >= 0.3 is 7.25 Å². The Morgan fingerprint density at radius 1 is 0.400 bits per heavy atom. The van der Waals surface area contributed by atoms with Gasteiger partial charge in [0.25, 0.3) is 0 Å². The summed E-state index contributed by atoms with van der Waals surface area (Å²) in [7, 11) is -6.00. The molecular weight excluding hydrogens is 389 g/mol. The lowest BCUT2D eigenvalue weighted by Gasteiger charge is -2.39. The largest absolute Gasteiger partial charge is 0.673 e. The van der Waals surface area contributed by atoms with Gasteiger partial charge in [-0.05, 0) is 51.4 Å². The molecule has 0 bridgehead atoms. The van der Waals surface area contributed by atoms with Crippen LogP contribution >= 0.6 is 0 Å². The Bertz CT molecular complexity index is 278. The predicted molar refractivity (Wildman–Crippen MR) is 126 cm³/mol. The number of hydrogen-bond donors (Lipinski definition) is 0. The van der Waals surface area contributed by atoms with Crippen molar-refractivity contribution in [3.8, 4) is 0 Å². The van der Waals surface area contributed by atoms with Crippen LogP contribution in [0.4, 0.5) is 17.3 Å². The highest BCUT2D eigenvalue weighted by Gasteiger charge is 2.25. The molecule has 0 heterocycles. The Hall–Kier alpha value is -0.255. The highest BCUT2D eigenvalue weighted by atomic mass is 19.5. The molecule has 0 rings (SSSR count). The van der Waals surface area contributed by atoms with E-state index < -0.39 is 7.25 Å². The second-order valence-electron chi connectivity index (χ2n) is 8.97. The van der Waals surface area contributed by atoms with Crippen LogP contribution in [0.25, 0.3) is 0 Å². The average Bonchev–Trinajstić information content (AvgIpc) is 2.68. The van der Waals surface area contributed by atoms with Crippen molar-refractivity contribution >= 4 is 7.25 Å². The summed E-state index contributed by atoms with van der Waals surface area (Å²) in [4.78, 5) is 0. The maximum absolute atomic E-state index is 9.75. The van der Waals surface area contributed by atoms with Crippen molar-refractivity contribution in [2.24, 2.45) is 0 Å². The fraction of sp³-hybridized carbons (Fsp3) is 1.00. The molecule has 1 nitrogen and oxygen atoms in total. The van der Waals surface area contributed by atoms with Gasteiger partial charge < -0.3 is 21.7 Å². The first-order valence-corrected chi connectivity index (χ1v) is 13.0. The summed E-state index contributed by atoms with van der Waals surface area (Å²) in [6.07, 6.45) is 22.8. The van der Waals surface area contributed by atoms with Crippen LogP contribution in [0.3, 0.4) is 0 Å². The predicted octanol–water partition coefficient (Wildman–Crippen LogP) is 9.42. The number of unbranched alkanes of at least 4 members (excludes halogenated alkanes) is 12. The maximum atomic E-state index is 9.75. The Kier molecular flexibility index (Phi) is 23.4. The van der Waals surface area contributed by atoms with Crippen molar-refractivity contribution in [3.63, 3.8) is 0 Å². The van der Waals surface area contributed by atoms with Crippen LogP contribution in [-0.4, -0.2) is 37.9 Å². The zero-order chi connectivity index (χ0) is 23.1. The molecule has 30 heavy (non-hydrogen) atoms. The van der Waals surface area contributed by atoms with Crippen LogP contribution in [0.5, 0.6) is 0 Å². The fourth-order valence-electron chi connectivity index (χ4n) is 4.17. The normalized spacial score (nSPS) is 12.0. The second-order valence-corrected chi connectivity index (χ2v) is 8.97. The van der Waals surface area contributed by atoms with E-state index in [0.717, 1.165) is 0 Å². The van der Waals surface area contributed by atoms with E-state index >= 15 is 0 Å². The molecule has 0 aromatic carbocycles. The third-order valence-electron chi connectivity index (χ3n) is 5.94. The first kappa shape index (κ1) is 31.9. The Morgan fingerprint density at radius 2 is 0.600 bits per heavy atom. The number of rotatable bonds is 20. The van der Waals surface area contributed by atoms with Crippen LogP contribution in [0.1, 0.15) is 130 Å². The van der Waals surface area contributed by atoms with E-state index in [0.29, 0.717) is 0 Å². The molecular formula is C24H52BF4N. The zero-order valence-electron chi connectivity index (χ0n) is 20.7. The Labute approximate surface area is 186 Å². The first-order chi connectivity index (χ1) is 14.2. The van der Waals surface area contributed by atoms with Gasteiger partial charge in [0.05, 0.1) is 26.2 Å². The zero-order valence-corrected chi connectivity index (χ0v) is 20.7. The molecule has 0 aromatic heterocycles. The lowest BCUT2D eigenvalue weighted by atomic mass is 10.1. The van der Waals surface area contributed by atoms with E-state index in [2.05, 4.69) is 27.7 Å². The average molecular weight is 441 g/mol. The van der Waals surface area contributed by atoms with Gasteiger partial charge in [-0.1, -0.05) is 79.1 Å². The van der Waals surface area contributed by atoms with Gasteiger partial charge in [-0.25, -0.2) is 0 Å². The van der Waals surface area contributed by atoms with Gasteiger partial charge in [0.15, 0.2) is 0 Å². The summed E-state index contributed by atoms with van der Waals surface area (Å²) >= 11 is 0. The molecule has 0 fully saturated rings. The number of halogens is 4. The molecule has 0 spiro atoms. The van der Waals surface area contributed by atoms with E-state index in [-0.39, 0.29) is 0 Å². The molecule has 0 aliphatic heterocycles. The summed E-state index contributed by atoms with van der Waals surface area (Å²) in [6, 6.07) is 0. The number of hydrogen-bond acceptors (Lipinski definition) is 0. The second kappa shape index (κ2) is 22.0. The quantitative estimate of drug-likeness (QED) is 0.0764. The third-order valence-corrected chi connectivity index (χ3v) is 5.94. The molecule has 0 aliphatic carbocycles. The number of quaternary nitrogens is 1. The van der Waals surface area contributed by atoms with E-state index in [1.165, 1.54) is 133 Å². The van der Waals surface area contributed by atoms with E-state index in [1.807, 2.05) is 0 Å². The van der Waals surface area contributed by atoms with Crippen molar-refractivity contribution in [2.75, 3.05) is 26.2 Å². The standard InChI is InChI=1S/C24H52N.BF4/c1-5-9-13-17-21-25(22-18-14-10-6-2,23-19-15-11-7-3)24-20-16-12-8-4;2-1(3,4)5/h5-24H2,1-4H3;/q+1;-1. The molecule has 0 radical (unpaired) electrons. The van der Waals surface area contributed by atoms with Crippen LogP contribution in [-0.2, 0) is 0 Å². The van der Waals surface area contributed by atoms with Crippen LogP contribution in [0, 0.1) is 0 Å². The van der Waals surface area contributed by atoms with Crippen molar-refractivity contribution < 1.29 is 21.7 Å². The molecule has 0 aromatic rings. The smallest absolute Gasteiger partial charge is 0.418 e.